The highest BCUT2D eigenvalue weighted by Crippen LogP contribution is 2.32. The molecule has 0 N–H and O–H groups in total. The third kappa shape index (κ3) is 3.60. The van der Waals surface area contributed by atoms with Crippen LogP contribution in [0.3, 0.4) is 0 Å². The zero-order valence-corrected chi connectivity index (χ0v) is 15.4. The molecule has 0 amide bonds. The lowest BCUT2D eigenvalue weighted by Crippen LogP contribution is -2.25. The van der Waals surface area contributed by atoms with E-state index in [0.29, 0.717) is 6.04 Å². The van der Waals surface area contributed by atoms with E-state index in [1.807, 2.05) is 30.3 Å². The summed E-state index contributed by atoms with van der Waals surface area (Å²) in [4.78, 5) is 14.5. The van der Waals surface area contributed by atoms with E-state index in [2.05, 4.69) is 26.8 Å². The summed E-state index contributed by atoms with van der Waals surface area (Å²) in [6, 6.07) is 0.380. The molecule has 0 bridgehead atoms. The van der Waals surface area contributed by atoms with Crippen molar-refractivity contribution in [2.24, 2.45) is 7.05 Å². The molecule has 2 fully saturated rings. The van der Waals surface area contributed by atoms with Crippen LogP contribution >= 0.6 is 0 Å². The predicted molar refractivity (Wildman–Crippen MR) is 96.9 cm³/mol. The summed E-state index contributed by atoms with van der Waals surface area (Å²) in [7, 11) is 2.01. The molecule has 0 radical (unpaired) electrons. The highest BCUT2D eigenvalue weighted by atomic mass is 15.3. The third-order valence-corrected chi connectivity index (χ3v) is 5.70. The molecule has 1 unspecified atom stereocenters. The van der Waals surface area contributed by atoms with Gasteiger partial charge in [-0.3, -0.25) is 24.4 Å². The van der Waals surface area contributed by atoms with Crippen LogP contribution in [0.15, 0.2) is 18.6 Å². The van der Waals surface area contributed by atoms with Crippen molar-refractivity contribution < 1.29 is 0 Å². The van der Waals surface area contributed by atoms with Crippen LogP contribution in [0.2, 0.25) is 0 Å². The van der Waals surface area contributed by atoms with Gasteiger partial charge in [0.05, 0.1) is 23.6 Å². The second-order valence-corrected chi connectivity index (χ2v) is 7.43. The summed E-state index contributed by atoms with van der Waals surface area (Å²) in [5.41, 5.74) is 4.81. The van der Waals surface area contributed by atoms with Gasteiger partial charge in [-0.15, -0.1) is 0 Å². The van der Waals surface area contributed by atoms with Crippen molar-refractivity contribution in [2.45, 2.75) is 51.7 Å². The van der Waals surface area contributed by atoms with E-state index >= 15 is 0 Å². The Balaban J connectivity index is 1.48. The third-order valence-electron chi connectivity index (χ3n) is 5.70. The fourth-order valence-electron chi connectivity index (χ4n) is 4.10. The Morgan fingerprint density at radius 2 is 1.88 bits per heavy atom. The average Bonchev–Trinajstić information content (AvgIpc) is 3.35. The Labute approximate surface area is 149 Å². The van der Waals surface area contributed by atoms with Gasteiger partial charge in [-0.1, -0.05) is 0 Å². The molecule has 6 heteroatoms. The molecule has 1 atom stereocenters. The average molecular weight is 340 g/mol. The molecule has 0 spiro atoms. The molecule has 2 aromatic rings. The summed E-state index contributed by atoms with van der Waals surface area (Å²) in [5.74, 6) is 0. The molecule has 6 nitrogen and oxygen atoms in total. The number of rotatable bonds is 5. The molecule has 25 heavy (non-hydrogen) atoms. The normalized spacial score (nSPS) is 22.1. The van der Waals surface area contributed by atoms with Crippen LogP contribution in [0.4, 0.5) is 0 Å². The van der Waals surface area contributed by atoms with Gasteiger partial charge >= 0.3 is 0 Å². The molecule has 0 aliphatic carbocycles. The summed E-state index contributed by atoms with van der Waals surface area (Å²) in [6.45, 7) is 7.54. The summed E-state index contributed by atoms with van der Waals surface area (Å²) < 4.78 is 1.96. The fraction of sp³-hybridized carbons (Fsp3) is 0.632. The number of hydrogen-bond donors (Lipinski definition) is 0. The lowest BCUT2D eigenvalue weighted by Gasteiger charge is -2.24. The lowest BCUT2D eigenvalue weighted by molar-refractivity contribution is 0.242. The van der Waals surface area contributed by atoms with E-state index in [-0.39, 0.29) is 0 Å². The smallest absolute Gasteiger partial charge is 0.0762 e. The van der Waals surface area contributed by atoms with Crippen LogP contribution in [0.5, 0.6) is 0 Å². The highest BCUT2D eigenvalue weighted by Gasteiger charge is 2.28. The van der Waals surface area contributed by atoms with E-state index in [0.717, 1.165) is 31.0 Å². The Morgan fingerprint density at radius 3 is 2.64 bits per heavy atom. The van der Waals surface area contributed by atoms with E-state index in [9.17, 15) is 0 Å². The van der Waals surface area contributed by atoms with E-state index in [1.54, 1.807) is 0 Å². The molecule has 2 aromatic heterocycles. The van der Waals surface area contributed by atoms with Gasteiger partial charge in [0.15, 0.2) is 0 Å². The van der Waals surface area contributed by atoms with Gasteiger partial charge < -0.3 is 0 Å². The van der Waals surface area contributed by atoms with Crippen LogP contribution in [0.1, 0.15) is 54.4 Å². The van der Waals surface area contributed by atoms with Crippen LogP contribution in [0.25, 0.3) is 0 Å². The Kier molecular flexibility index (Phi) is 4.81. The molecular formula is C19H28N6. The molecule has 0 saturated carbocycles. The van der Waals surface area contributed by atoms with Gasteiger partial charge in [0.1, 0.15) is 0 Å². The molecule has 4 rings (SSSR count). The van der Waals surface area contributed by atoms with Crippen LogP contribution in [-0.4, -0.2) is 49.2 Å². The minimum atomic E-state index is 0.380. The van der Waals surface area contributed by atoms with Crippen molar-refractivity contribution in [3.63, 3.8) is 0 Å². The van der Waals surface area contributed by atoms with Gasteiger partial charge in [0, 0.05) is 43.8 Å². The summed E-state index contributed by atoms with van der Waals surface area (Å²) in [5, 5.41) is 4.38. The Bertz CT molecular complexity index is 718. The van der Waals surface area contributed by atoms with Crippen molar-refractivity contribution in [2.75, 3.05) is 19.6 Å². The van der Waals surface area contributed by atoms with Gasteiger partial charge in [-0.05, 0) is 52.2 Å². The maximum absolute atomic E-state index is 4.97. The first-order chi connectivity index (χ1) is 12.2. The Morgan fingerprint density at radius 1 is 1.04 bits per heavy atom. The summed E-state index contributed by atoms with van der Waals surface area (Å²) >= 11 is 0. The number of nitrogens with zero attached hydrogens (tertiary/aromatic N) is 6. The summed E-state index contributed by atoms with van der Waals surface area (Å²) in [6.07, 6.45) is 10.9. The van der Waals surface area contributed by atoms with Crippen molar-refractivity contribution in [1.82, 2.24) is 29.5 Å². The second-order valence-electron chi connectivity index (χ2n) is 7.43. The first kappa shape index (κ1) is 16.7. The second kappa shape index (κ2) is 7.22. The molecule has 2 aliphatic rings. The van der Waals surface area contributed by atoms with E-state index in [4.69, 9.17) is 4.98 Å². The molecule has 2 saturated heterocycles. The maximum Gasteiger partial charge on any atom is 0.0762 e. The molecular weight excluding hydrogens is 312 g/mol. The number of likely N-dealkylation sites (tertiary alicyclic amines) is 2. The maximum atomic E-state index is 4.97. The largest absolute Gasteiger partial charge is 0.297 e. The van der Waals surface area contributed by atoms with Gasteiger partial charge in [0.25, 0.3) is 0 Å². The monoisotopic (exact) mass is 340 g/mol. The van der Waals surface area contributed by atoms with Crippen molar-refractivity contribution in [3.05, 3.63) is 41.2 Å². The molecule has 0 aromatic carbocycles. The SMILES string of the molecule is Cc1c(CN2CCCC2c2cncc(CN3CCCC3)n2)cnn1C. The predicted octanol–water partition coefficient (Wildman–Crippen LogP) is 2.45. The first-order valence-corrected chi connectivity index (χ1v) is 9.45. The van der Waals surface area contributed by atoms with E-state index in [1.165, 1.54) is 50.0 Å². The number of aromatic nitrogens is 4. The topological polar surface area (TPSA) is 50.1 Å². The molecule has 2 aliphatic heterocycles. The molecule has 134 valence electrons. The van der Waals surface area contributed by atoms with Crippen molar-refractivity contribution in [1.29, 1.82) is 0 Å². The van der Waals surface area contributed by atoms with Crippen molar-refractivity contribution in [3.8, 4) is 0 Å². The van der Waals surface area contributed by atoms with Crippen LogP contribution < -0.4 is 0 Å². The van der Waals surface area contributed by atoms with Gasteiger partial charge in [-0.25, -0.2) is 0 Å². The van der Waals surface area contributed by atoms with Crippen LogP contribution in [0, 0.1) is 6.92 Å². The highest BCUT2D eigenvalue weighted by molar-refractivity contribution is 5.17. The van der Waals surface area contributed by atoms with Crippen molar-refractivity contribution >= 4 is 0 Å². The minimum absolute atomic E-state index is 0.380. The minimum Gasteiger partial charge on any atom is -0.297 e. The van der Waals surface area contributed by atoms with Gasteiger partial charge in [0.2, 0.25) is 0 Å². The van der Waals surface area contributed by atoms with E-state index < -0.39 is 0 Å². The number of hydrogen-bond acceptors (Lipinski definition) is 5. The fourth-order valence-corrected chi connectivity index (χ4v) is 4.10. The van der Waals surface area contributed by atoms with Gasteiger partial charge in [-0.2, -0.15) is 5.10 Å². The quantitative estimate of drug-likeness (QED) is 0.837. The zero-order chi connectivity index (χ0) is 17.2. The standard InChI is InChI=1S/C19H28N6/c1-15-16(10-21-23(15)2)13-25-9-5-6-19(25)18-12-20-11-17(22-18)14-24-7-3-4-8-24/h10-12,19H,3-9,13-14H2,1-2H3. The zero-order valence-electron chi connectivity index (χ0n) is 15.4. The van der Waals surface area contributed by atoms with Crippen LogP contribution in [-0.2, 0) is 20.1 Å². The number of aryl methyl sites for hydroxylation is 1. The first-order valence-electron chi connectivity index (χ1n) is 9.45. The lowest BCUT2D eigenvalue weighted by atomic mass is 10.1. The molecule has 4 heterocycles. The Hall–Kier alpha value is -1.79.